The van der Waals surface area contributed by atoms with Crippen LogP contribution in [-0.2, 0) is 14.3 Å². The van der Waals surface area contributed by atoms with E-state index in [1.165, 1.54) is 19.6 Å². The summed E-state index contributed by atoms with van der Waals surface area (Å²) >= 11 is 0. The van der Waals surface area contributed by atoms with Gasteiger partial charge in [0.25, 0.3) is 0 Å². The molecule has 0 amide bonds. The first-order valence-corrected chi connectivity index (χ1v) is 9.85. The second-order valence-electron chi connectivity index (χ2n) is 8.44. The zero-order valence-electron chi connectivity index (χ0n) is 18.4. The lowest BCUT2D eigenvalue weighted by Crippen LogP contribution is -2.52. The van der Waals surface area contributed by atoms with Gasteiger partial charge in [-0.1, -0.05) is 57.2 Å². The van der Waals surface area contributed by atoms with Crippen molar-refractivity contribution in [2.45, 2.75) is 67.4 Å². The van der Waals surface area contributed by atoms with E-state index < -0.39 is 28.9 Å². The monoisotopic (exact) mass is 401 g/mol. The summed E-state index contributed by atoms with van der Waals surface area (Å²) in [5.74, 6) is -0.956. The second-order valence-corrected chi connectivity index (χ2v) is 8.44. The minimum atomic E-state index is -1.14. The largest absolute Gasteiger partial charge is 0.456 e. The molecule has 0 fully saturated rings. The fourth-order valence-electron chi connectivity index (χ4n) is 4.03. The molecule has 0 saturated carbocycles. The van der Waals surface area contributed by atoms with Gasteiger partial charge in [-0.25, -0.2) is 9.78 Å². The van der Waals surface area contributed by atoms with Crippen LogP contribution >= 0.6 is 0 Å². The van der Waals surface area contributed by atoms with Crippen LogP contribution in [0.15, 0.2) is 30.9 Å². The standard InChI is InChI=1S/C22H31N3O4/c1-8-12-22(21(5,6)7,20(27)29-25-14-23-13-24-25)19(28-17(4)26)18-15(2)10-9-11-16(18)3/h9-11,13-14,19H,8,12H2,1-7H3. The molecule has 158 valence electrons. The van der Waals surface area contributed by atoms with E-state index in [4.69, 9.17) is 9.57 Å². The molecule has 0 aliphatic carbocycles. The molecule has 2 rings (SSSR count). The third-order valence-corrected chi connectivity index (χ3v) is 5.46. The smallest absolute Gasteiger partial charge is 0.345 e. The van der Waals surface area contributed by atoms with Crippen LogP contribution < -0.4 is 4.84 Å². The van der Waals surface area contributed by atoms with Gasteiger partial charge in [-0.15, -0.1) is 5.10 Å². The molecule has 0 saturated heterocycles. The number of hydrogen-bond acceptors (Lipinski definition) is 6. The Morgan fingerprint density at radius 2 is 1.79 bits per heavy atom. The van der Waals surface area contributed by atoms with E-state index in [9.17, 15) is 9.59 Å². The Labute approximate surface area is 172 Å². The number of carbonyl (C=O) groups is 2. The fraction of sp³-hybridized carbons (Fsp3) is 0.545. The van der Waals surface area contributed by atoms with Crippen molar-refractivity contribution in [3.05, 3.63) is 47.5 Å². The number of benzene rings is 1. The van der Waals surface area contributed by atoms with Crippen molar-refractivity contribution in [1.82, 2.24) is 14.9 Å². The van der Waals surface area contributed by atoms with Crippen LogP contribution in [-0.4, -0.2) is 26.9 Å². The highest BCUT2D eigenvalue weighted by atomic mass is 16.7. The number of aryl methyl sites for hydroxylation is 2. The average molecular weight is 402 g/mol. The number of nitrogens with zero attached hydrogens (tertiary/aromatic N) is 3. The van der Waals surface area contributed by atoms with Gasteiger partial charge < -0.3 is 9.57 Å². The molecule has 0 N–H and O–H groups in total. The van der Waals surface area contributed by atoms with Crippen LogP contribution in [0.3, 0.4) is 0 Å². The maximum Gasteiger partial charge on any atom is 0.345 e. The number of carbonyl (C=O) groups excluding carboxylic acids is 2. The number of hydrogen-bond donors (Lipinski definition) is 0. The van der Waals surface area contributed by atoms with Crippen LogP contribution in [0.2, 0.25) is 0 Å². The van der Waals surface area contributed by atoms with E-state index in [2.05, 4.69) is 10.1 Å². The first-order valence-electron chi connectivity index (χ1n) is 9.85. The van der Waals surface area contributed by atoms with Gasteiger partial charge in [-0.2, -0.15) is 0 Å². The zero-order valence-corrected chi connectivity index (χ0v) is 18.4. The van der Waals surface area contributed by atoms with Crippen LogP contribution in [0.25, 0.3) is 0 Å². The molecular formula is C22H31N3O4. The lowest BCUT2D eigenvalue weighted by atomic mass is 9.59. The van der Waals surface area contributed by atoms with Gasteiger partial charge in [0, 0.05) is 6.92 Å². The Kier molecular flexibility index (Phi) is 6.82. The van der Waals surface area contributed by atoms with Gasteiger partial charge in [0.15, 0.2) is 6.33 Å². The van der Waals surface area contributed by atoms with Gasteiger partial charge in [-0.3, -0.25) is 4.79 Å². The lowest BCUT2D eigenvalue weighted by Gasteiger charge is -2.47. The van der Waals surface area contributed by atoms with Crippen molar-refractivity contribution < 1.29 is 19.2 Å². The molecule has 29 heavy (non-hydrogen) atoms. The molecule has 0 aliphatic rings. The Balaban J connectivity index is 2.75. The third-order valence-electron chi connectivity index (χ3n) is 5.46. The van der Waals surface area contributed by atoms with Crippen LogP contribution in [0.1, 0.15) is 70.3 Å². The average Bonchev–Trinajstić information content (AvgIpc) is 3.10. The zero-order chi connectivity index (χ0) is 21.8. The van der Waals surface area contributed by atoms with Crippen molar-refractivity contribution in [3.63, 3.8) is 0 Å². The topological polar surface area (TPSA) is 83.3 Å². The minimum absolute atomic E-state index is 0.448. The molecule has 2 atom stereocenters. The number of ether oxygens (including phenoxy) is 1. The maximum absolute atomic E-state index is 13.7. The van der Waals surface area contributed by atoms with Gasteiger partial charge in [0.2, 0.25) is 0 Å². The summed E-state index contributed by atoms with van der Waals surface area (Å²) < 4.78 is 5.90. The molecule has 0 bridgehead atoms. The van der Waals surface area contributed by atoms with E-state index in [0.717, 1.165) is 21.5 Å². The minimum Gasteiger partial charge on any atom is -0.456 e. The van der Waals surface area contributed by atoms with Crippen molar-refractivity contribution in [2.24, 2.45) is 10.8 Å². The van der Waals surface area contributed by atoms with Crippen molar-refractivity contribution >= 4 is 11.9 Å². The first kappa shape index (κ1) is 22.6. The normalized spacial score (nSPS) is 14.7. The first-order chi connectivity index (χ1) is 13.5. The number of rotatable bonds is 7. The summed E-state index contributed by atoms with van der Waals surface area (Å²) in [7, 11) is 0. The fourth-order valence-corrected chi connectivity index (χ4v) is 4.03. The Morgan fingerprint density at radius 3 is 2.24 bits per heavy atom. The summed E-state index contributed by atoms with van der Waals surface area (Å²) in [5, 5.41) is 3.89. The van der Waals surface area contributed by atoms with Crippen molar-refractivity contribution in [3.8, 4) is 0 Å². The molecule has 1 heterocycles. The van der Waals surface area contributed by atoms with Crippen molar-refractivity contribution in [2.75, 3.05) is 0 Å². The highest BCUT2D eigenvalue weighted by Gasteiger charge is 2.58. The molecule has 0 spiro atoms. The molecule has 2 unspecified atom stereocenters. The van der Waals surface area contributed by atoms with E-state index >= 15 is 0 Å². The summed E-state index contributed by atoms with van der Waals surface area (Å²) in [6, 6.07) is 5.87. The van der Waals surface area contributed by atoms with E-state index in [0.29, 0.717) is 12.8 Å². The van der Waals surface area contributed by atoms with Crippen LogP contribution in [0, 0.1) is 24.7 Å². The molecule has 7 heteroatoms. The predicted octanol–water partition coefficient (Wildman–Crippen LogP) is 3.99. The quantitative estimate of drug-likeness (QED) is 0.653. The predicted molar refractivity (Wildman–Crippen MR) is 109 cm³/mol. The lowest BCUT2D eigenvalue weighted by molar-refractivity contribution is -0.189. The van der Waals surface area contributed by atoms with Crippen molar-refractivity contribution in [1.29, 1.82) is 0 Å². The summed E-state index contributed by atoms with van der Waals surface area (Å²) in [6.07, 6.45) is 2.97. The van der Waals surface area contributed by atoms with Crippen LogP contribution in [0.4, 0.5) is 0 Å². The molecular weight excluding hydrogens is 370 g/mol. The maximum atomic E-state index is 13.7. The summed E-state index contributed by atoms with van der Waals surface area (Å²) in [4.78, 5) is 36.3. The molecule has 0 aliphatic heterocycles. The van der Waals surface area contributed by atoms with Gasteiger partial charge in [-0.05, 0) is 42.4 Å². The van der Waals surface area contributed by atoms with E-state index in [-0.39, 0.29) is 0 Å². The Morgan fingerprint density at radius 1 is 1.17 bits per heavy atom. The van der Waals surface area contributed by atoms with Crippen LogP contribution in [0.5, 0.6) is 0 Å². The molecule has 1 aromatic heterocycles. The van der Waals surface area contributed by atoms with E-state index in [1.54, 1.807) is 0 Å². The second kappa shape index (κ2) is 8.76. The van der Waals surface area contributed by atoms with Gasteiger partial charge in [0.1, 0.15) is 17.8 Å². The highest BCUT2D eigenvalue weighted by Crippen LogP contribution is 2.54. The molecule has 1 aromatic carbocycles. The molecule has 2 aromatic rings. The summed E-state index contributed by atoms with van der Waals surface area (Å²) in [5.41, 5.74) is 1.01. The Bertz CT molecular complexity index is 835. The number of esters is 1. The van der Waals surface area contributed by atoms with E-state index in [1.807, 2.05) is 59.7 Å². The SMILES string of the molecule is CCCC(C(=O)On1cncn1)(C(OC(C)=O)c1c(C)cccc1C)C(C)(C)C. The highest BCUT2D eigenvalue weighted by molar-refractivity contribution is 5.80. The van der Waals surface area contributed by atoms with Gasteiger partial charge >= 0.3 is 11.9 Å². The number of aromatic nitrogens is 3. The third kappa shape index (κ3) is 4.49. The van der Waals surface area contributed by atoms with Gasteiger partial charge in [0.05, 0.1) is 0 Å². The summed E-state index contributed by atoms with van der Waals surface area (Å²) in [6.45, 7) is 13.2. The Hall–Kier alpha value is -2.70. The molecule has 0 radical (unpaired) electrons. The molecule has 7 nitrogen and oxygen atoms in total.